The Morgan fingerprint density at radius 3 is 2.64 bits per heavy atom. The second kappa shape index (κ2) is 7.75. The first-order chi connectivity index (χ1) is 12.2. The van der Waals surface area contributed by atoms with Crippen LogP contribution in [0.4, 0.5) is 4.39 Å². The first-order valence-corrected chi connectivity index (χ1v) is 8.16. The molecule has 2 aromatic carbocycles. The predicted octanol–water partition coefficient (Wildman–Crippen LogP) is 3.58. The number of guanidine groups is 1. The quantitative estimate of drug-likeness (QED) is 0.585. The summed E-state index contributed by atoms with van der Waals surface area (Å²) in [6.45, 7) is 1.23. The third-order valence-electron chi connectivity index (χ3n) is 4.08. The summed E-state index contributed by atoms with van der Waals surface area (Å²) in [6.07, 6.45) is 1.82. The van der Waals surface area contributed by atoms with Gasteiger partial charge >= 0.3 is 0 Å². The second-order valence-corrected chi connectivity index (χ2v) is 5.86. The molecule has 0 atom stereocenters. The van der Waals surface area contributed by atoms with E-state index in [2.05, 4.69) is 27.4 Å². The van der Waals surface area contributed by atoms with E-state index >= 15 is 0 Å². The molecule has 0 radical (unpaired) electrons. The van der Waals surface area contributed by atoms with Crippen molar-refractivity contribution in [1.29, 1.82) is 0 Å². The fraction of sp³-hybridized carbons (Fsp3) is 0.200. The Labute approximate surface area is 147 Å². The van der Waals surface area contributed by atoms with Crippen LogP contribution in [0.25, 0.3) is 10.8 Å². The van der Waals surface area contributed by atoms with Crippen molar-refractivity contribution < 1.29 is 4.39 Å². The van der Waals surface area contributed by atoms with Crippen LogP contribution < -0.4 is 5.32 Å². The molecule has 4 nitrogen and oxygen atoms in total. The van der Waals surface area contributed by atoms with Gasteiger partial charge in [0.25, 0.3) is 0 Å². The van der Waals surface area contributed by atoms with Gasteiger partial charge in [-0.1, -0.05) is 36.4 Å². The molecule has 0 amide bonds. The van der Waals surface area contributed by atoms with Crippen molar-refractivity contribution in [1.82, 2.24) is 15.2 Å². The number of aliphatic imine (C=N–C) groups is 1. The largest absolute Gasteiger partial charge is 0.351 e. The van der Waals surface area contributed by atoms with E-state index in [0.29, 0.717) is 13.1 Å². The molecule has 0 spiro atoms. The first kappa shape index (κ1) is 16.9. The number of hydrogen-bond donors (Lipinski definition) is 1. The average molecular weight is 336 g/mol. The summed E-state index contributed by atoms with van der Waals surface area (Å²) in [5.74, 6) is 0.537. The molecule has 1 aromatic heterocycles. The molecule has 25 heavy (non-hydrogen) atoms. The lowest BCUT2D eigenvalue weighted by molar-refractivity contribution is 0.475. The lowest BCUT2D eigenvalue weighted by Gasteiger charge is -2.22. The topological polar surface area (TPSA) is 40.5 Å². The number of fused-ring (bicyclic) bond motifs is 1. The highest BCUT2D eigenvalue weighted by Crippen LogP contribution is 2.16. The van der Waals surface area contributed by atoms with Gasteiger partial charge in [0.2, 0.25) is 0 Å². The molecule has 0 bridgehead atoms. The van der Waals surface area contributed by atoms with Gasteiger partial charge in [-0.15, -0.1) is 0 Å². The van der Waals surface area contributed by atoms with E-state index in [1.807, 2.05) is 36.3 Å². The van der Waals surface area contributed by atoms with Crippen LogP contribution in [0.15, 0.2) is 65.8 Å². The minimum Gasteiger partial charge on any atom is -0.351 e. The number of pyridine rings is 1. The third kappa shape index (κ3) is 4.12. The zero-order valence-electron chi connectivity index (χ0n) is 14.4. The van der Waals surface area contributed by atoms with Crippen LogP contribution in [-0.4, -0.2) is 29.9 Å². The molecule has 0 aliphatic rings. The summed E-state index contributed by atoms with van der Waals surface area (Å²) in [6, 6.07) is 16.7. The zero-order chi connectivity index (χ0) is 17.6. The molecular weight excluding hydrogens is 315 g/mol. The number of hydrogen-bond acceptors (Lipinski definition) is 2. The van der Waals surface area contributed by atoms with Crippen LogP contribution in [0.2, 0.25) is 0 Å². The molecule has 5 heteroatoms. The molecule has 0 aliphatic heterocycles. The van der Waals surface area contributed by atoms with E-state index in [9.17, 15) is 4.39 Å². The highest BCUT2D eigenvalue weighted by atomic mass is 19.1. The standard InChI is InChI=1S/C20H21FN4/c1-22-20(25(2)14-15-7-9-17(21)10-8-15)24-13-19-18-6-4-3-5-16(18)11-12-23-19/h3-12H,13-14H2,1-2H3,(H,22,24). The molecule has 0 fully saturated rings. The lowest BCUT2D eigenvalue weighted by Crippen LogP contribution is -2.38. The molecule has 0 aliphatic carbocycles. The Hall–Kier alpha value is -2.95. The zero-order valence-corrected chi connectivity index (χ0v) is 14.4. The fourth-order valence-electron chi connectivity index (χ4n) is 2.81. The number of nitrogens with one attached hydrogen (secondary N) is 1. The smallest absolute Gasteiger partial charge is 0.194 e. The van der Waals surface area contributed by atoms with Crippen molar-refractivity contribution in [3.8, 4) is 0 Å². The van der Waals surface area contributed by atoms with Gasteiger partial charge in [0.1, 0.15) is 5.82 Å². The number of nitrogens with zero attached hydrogens (tertiary/aromatic N) is 3. The third-order valence-corrected chi connectivity index (χ3v) is 4.08. The van der Waals surface area contributed by atoms with Crippen LogP contribution in [0.5, 0.6) is 0 Å². The van der Waals surface area contributed by atoms with Crippen LogP contribution in [-0.2, 0) is 13.1 Å². The summed E-state index contributed by atoms with van der Waals surface area (Å²) in [5, 5.41) is 5.65. The van der Waals surface area contributed by atoms with Crippen molar-refractivity contribution >= 4 is 16.7 Å². The van der Waals surface area contributed by atoms with Gasteiger partial charge < -0.3 is 10.2 Å². The first-order valence-electron chi connectivity index (χ1n) is 8.16. The maximum atomic E-state index is 13.0. The number of aromatic nitrogens is 1. The van der Waals surface area contributed by atoms with E-state index in [4.69, 9.17) is 0 Å². The van der Waals surface area contributed by atoms with Gasteiger partial charge in [-0.2, -0.15) is 0 Å². The molecule has 1 heterocycles. The summed E-state index contributed by atoms with van der Waals surface area (Å²) < 4.78 is 13.0. The van der Waals surface area contributed by atoms with Gasteiger partial charge in [0.05, 0.1) is 12.2 Å². The highest BCUT2D eigenvalue weighted by Gasteiger charge is 2.08. The minimum absolute atomic E-state index is 0.226. The van der Waals surface area contributed by atoms with Crippen LogP contribution in [0.3, 0.4) is 0 Å². The Morgan fingerprint density at radius 2 is 1.88 bits per heavy atom. The van der Waals surface area contributed by atoms with Gasteiger partial charge in [-0.3, -0.25) is 9.98 Å². The van der Waals surface area contributed by atoms with Crippen molar-refractivity contribution in [3.63, 3.8) is 0 Å². The Bertz CT molecular complexity index is 869. The summed E-state index contributed by atoms with van der Waals surface area (Å²) in [4.78, 5) is 10.8. The van der Waals surface area contributed by atoms with Crippen molar-refractivity contribution in [2.24, 2.45) is 4.99 Å². The highest BCUT2D eigenvalue weighted by molar-refractivity contribution is 5.85. The van der Waals surface area contributed by atoms with Crippen LogP contribution in [0.1, 0.15) is 11.3 Å². The van der Waals surface area contributed by atoms with Gasteiger partial charge in [0.15, 0.2) is 5.96 Å². The van der Waals surface area contributed by atoms with Gasteiger partial charge in [-0.05, 0) is 29.1 Å². The average Bonchev–Trinajstić information content (AvgIpc) is 2.64. The molecular formula is C20H21FN4. The molecule has 0 unspecified atom stereocenters. The van der Waals surface area contributed by atoms with Gasteiger partial charge in [0, 0.05) is 32.2 Å². The van der Waals surface area contributed by atoms with E-state index in [-0.39, 0.29) is 5.82 Å². The fourth-order valence-corrected chi connectivity index (χ4v) is 2.81. The van der Waals surface area contributed by atoms with Gasteiger partial charge in [-0.25, -0.2) is 4.39 Å². The SMILES string of the molecule is CN=C(NCc1nccc2ccccc12)N(C)Cc1ccc(F)cc1. The summed E-state index contributed by atoms with van der Waals surface area (Å²) in [7, 11) is 3.70. The van der Waals surface area contributed by atoms with Crippen LogP contribution in [0, 0.1) is 5.82 Å². The van der Waals surface area contributed by atoms with E-state index < -0.39 is 0 Å². The van der Waals surface area contributed by atoms with E-state index in [0.717, 1.165) is 22.6 Å². The number of rotatable bonds is 4. The predicted molar refractivity (Wildman–Crippen MR) is 99.8 cm³/mol. The Morgan fingerprint density at radius 1 is 1.12 bits per heavy atom. The molecule has 3 aromatic rings. The van der Waals surface area contributed by atoms with Crippen molar-refractivity contribution in [2.75, 3.05) is 14.1 Å². The Kier molecular flexibility index (Phi) is 5.23. The van der Waals surface area contributed by atoms with Crippen molar-refractivity contribution in [2.45, 2.75) is 13.1 Å². The monoisotopic (exact) mass is 336 g/mol. The van der Waals surface area contributed by atoms with Crippen LogP contribution >= 0.6 is 0 Å². The molecule has 128 valence electrons. The Balaban J connectivity index is 1.68. The maximum Gasteiger partial charge on any atom is 0.194 e. The molecule has 0 saturated heterocycles. The minimum atomic E-state index is -0.226. The molecule has 3 rings (SSSR count). The normalized spacial score (nSPS) is 11.6. The summed E-state index contributed by atoms with van der Waals surface area (Å²) in [5.41, 5.74) is 2.00. The summed E-state index contributed by atoms with van der Waals surface area (Å²) >= 11 is 0. The van der Waals surface area contributed by atoms with E-state index in [1.165, 1.54) is 17.5 Å². The number of benzene rings is 2. The lowest BCUT2D eigenvalue weighted by atomic mass is 10.1. The maximum absolute atomic E-state index is 13.0. The molecule has 0 saturated carbocycles. The second-order valence-electron chi connectivity index (χ2n) is 5.86. The number of halogens is 1. The van der Waals surface area contributed by atoms with E-state index in [1.54, 1.807) is 19.2 Å². The molecule has 1 N–H and O–H groups in total. The van der Waals surface area contributed by atoms with Crippen molar-refractivity contribution in [3.05, 3.63) is 77.9 Å².